The van der Waals surface area contributed by atoms with Crippen molar-refractivity contribution in [3.63, 3.8) is 0 Å². The topological polar surface area (TPSA) is 96.9 Å². The van der Waals surface area contributed by atoms with Gasteiger partial charge < -0.3 is 20.5 Å². The smallest absolute Gasteiger partial charge is 0.416 e. The fraction of sp³-hybridized carbons (Fsp3) is 0.182. The molecule has 31 heavy (non-hydrogen) atoms. The van der Waals surface area contributed by atoms with Crippen LogP contribution in [0.2, 0.25) is 0 Å². The zero-order chi connectivity index (χ0) is 22.0. The average Bonchev–Trinajstić information content (AvgIpc) is 3.40. The molecular formula is C22H19F3N4O2. The minimum absolute atomic E-state index is 0.0105. The molecule has 1 atom stereocenters. The third kappa shape index (κ3) is 4.61. The number of para-hydroxylation sites is 1. The van der Waals surface area contributed by atoms with E-state index in [0.717, 1.165) is 28.6 Å². The number of fused-ring (bicyclic) bond motifs is 1. The summed E-state index contributed by atoms with van der Waals surface area (Å²) < 4.78 is 43.8. The molecule has 2 heterocycles. The van der Waals surface area contributed by atoms with Crippen LogP contribution in [-0.2, 0) is 19.1 Å². The lowest BCUT2D eigenvalue weighted by atomic mass is 10.1. The van der Waals surface area contributed by atoms with Crippen LogP contribution in [0.25, 0.3) is 10.9 Å². The summed E-state index contributed by atoms with van der Waals surface area (Å²) in [6.45, 7) is -0.0770. The number of nitrogens with zero attached hydrogens (tertiary/aromatic N) is 1. The molecule has 0 spiro atoms. The summed E-state index contributed by atoms with van der Waals surface area (Å²) in [6.07, 6.45) is -0.931. The van der Waals surface area contributed by atoms with Gasteiger partial charge in [0.15, 0.2) is 5.69 Å². The van der Waals surface area contributed by atoms with Gasteiger partial charge in [-0.2, -0.15) is 13.2 Å². The maximum Gasteiger partial charge on any atom is 0.416 e. The van der Waals surface area contributed by atoms with Crippen molar-refractivity contribution in [3.8, 4) is 0 Å². The summed E-state index contributed by atoms with van der Waals surface area (Å²) in [6, 6.07) is 12.0. The summed E-state index contributed by atoms with van der Waals surface area (Å²) >= 11 is 0. The Bertz CT molecular complexity index is 1210. The van der Waals surface area contributed by atoms with E-state index in [4.69, 9.17) is 10.2 Å². The van der Waals surface area contributed by atoms with Crippen molar-refractivity contribution in [2.45, 2.75) is 25.2 Å². The van der Waals surface area contributed by atoms with Crippen LogP contribution in [0.5, 0.6) is 0 Å². The molecule has 9 heteroatoms. The van der Waals surface area contributed by atoms with Gasteiger partial charge in [0.25, 0.3) is 5.91 Å². The van der Waals surface area contributed by atoms with Crippen molar-refractivity contribution in [1.82, 2.24) is 15.3 Å². The monoisotopic (exact) mass is 428 g/mol. The Balaban J connectivity index is 1.39. The van der Waals surface area contributed by atoms with Crippen LogP contribution in [0.15, 0.2) is 65.4 Å². The van der Waals surface area contributed by atoms with Crippen LogP contribution < -0.4 is 11.1 Å². The molecule has 0 saturated heterocycles. The van der Waals surface area contributed by atoms with E-state index in [1.165, 1.54) is 18.4 Å². The van der Waals surface area contributed by atoms with Crippen molar-refractivity contribution in [3.05, 3.63) is 89.3 Å². The SMILES string of the molecule is NC(Cc1c[nH]c2ccccc12)c1nc(C(=O)NCc2cccc(C(F)(F)F)c2)co1. The molecule has 6 nitrogen and oxygen atoms in total. The van der Waals surface area contributed by atoms with Gasteiger partial charge in [-0.25, -0.2) is 4.98 Å². The molecule has 4 aromatic rings. The zero-order valence-corrected chi connectivity index (χ0v) is 16.2. The lowest BCUT2D eigenvalue weighted by molar-refractivity contribution is -0.137. The van der Waals surface area contributed by atoms with E-state index in [-0.39, 0.29) is 18.1 Å². The van der Waals surface area contributed by atoms with Gasteiger partial charge in [0.2, 0.25) is 5.89 Å². The van der Waals surface area contributed by atoms with E-state index >= 15 is 0 Å². The highest BCUT2D eigenvalue weighted by Gasteiger charge is 2.30. The number of alkyl halides is 3. The minimum Gasteiger partial charge on any atom is -0.446 e. The molecule has 0 fully saturated rings. The van der Waals surface area contributed by atoms with Crippen molar-refractivity contribution < 1.29 is 22.4 Å². The van der Waals surface area contributed by atoms with E-state index in [2.05, 4.69) is 15.3 Å². The van der Waals surface area contributed by atoms with Gasteiger partial charge in [-0.1, -0.05) is 30.3 Å². The predicted molar refractivity (Wildman–Crippen MR) is 108 cm³/mol. The molecule has 1 amide bonds. The van der Waals surface area contributed by atoms with Gasteiger partial charge in [0.1, 0.15) is 6.26 Å². The molecule has 0 aliphatic carbocycles. The maximum atomic E-state index is 12.8. The lowest BCUT2D eigenvalue weighted by Gasteiger charge is -2.09. The number of oxazole rings is 1. The molecule has 1 unspecified atom stereocenters. The molecule has 4 rings (SSSR count). The third-order valence-electron chi connectivity index (χ3n) is 4.89. The number of carbonyl (C=O) groups is 1. The Hall–Kier alpha value is -3.59. The number of nitrogens with one attached hydrogen (secondary N) is 2. The third-order valence-corrected chi connectivity index (χ3v) is 4.89. The number of benzene rings is 2. The van der Waals surface area contributed by atoms with Gasteiger partial charge in [-0.05, 0) is 35.7 Å². The number of hydrogen-bond donors (Lipinski definition) is 3. The standard InChI is InChI=1S/C22H19F3N4O2/c23-22(24,25)15-5-3-4-13(8-15)10-28-20(30)19-12-31-21(29-19)17(26)9-14-11-27-18-7-2-1-6-16(14)18/h1-8,11-12,17,27H,9-10,26H2,(H,28,30). The predicted octanol–water partition coefficient (Wildman–Crippen LogP) is 4.35. The highest BCUT2D eigenvalue weighted by Crippen LogP contribution is 2.29. The first-order valence-corrected chi connectivity index (χ1v) is 9.51. The summed E-state index contributed by atoms with van der Waals surface area (Å²) in [5.74, 6) is -0.360. The van der Waals surface area contributed by atoms with E-state index in [1.807, 2.05) is 30.5 Å². The van der Waals surface area contributed by atoms with E-state index in [0.29, 0.717) is 12.0 Å². The van der Waals surface area contributed by atoms with Gasteiger partial charge in [0, 0.05) is 23.6 Å². The average molecular weight is 428 g/mol. The Morgan fingerprint density at radius 1 is 1.19 bits per heavy atom. The van der Waals surface area contributed by atoms with Crippen LogP contribution in [0, 0.1) is 0 Å². The van der Waals surface area contributed by atoms with Crippen LogP contribution in [0.1, 0.15) is 39.1 Å². The maximum absolute atomic E-state index is 12.8. The van der Waals surface area contributed by atoms with Crippen LogP contribution in [0.4, 0.5) is 13.2 Å². The zero-order valence-electron chi connectivity index (χ0n) is 16.2. The molecule has 0 bridgehead atoms. The number of halogens is 3. The number of H-pyrrole nitrogens is 1. The van der Waals surface area contributed by atoms with E-state index in [9.17, 15) is 18.0 Å². The molecule has 2 aromatic heterocycles. The number of rotatable bonds is 6. The van der Waals surface area contributed by atoms with Gasteiger partial charge in [0.05, 0.1) is 11.6 Å². The van der Waals surface area contributed by atoms with Gasteiger partial charge >= 0.3 is 6.18 Å². The first-order valence-electron chi connectivity index (χ1n) is 9.51. The molecule has 0 aliphatic heterocycles. The quantitative estimate of drug-likeness (QED) is 0.425. The minimum atomic E-state index is -4.44. The van der Waals surface area contributed by atoms with Crippen LogP contribution in [0.3, 0.4) is 0 Å². The summed E-state index contributed by atoms with van der Waals surface area (Å²) in [5, 5.41) is 3.59. The Labute approximate surface area is 175 Å². The van der Waals surface area contributed by atoms with Crippen molar-refractivity contribution in [2.24, 2.45) is 5.73 Å². The Morgan fingerprint density at radius 3 is 2.81 bits per heavy atom. The van der Waals surface area contributed by atoms with Crippen molar-refractivity contribution >= 4 is 16.8 Å². The van der Waals surface area contributed by atoms with E-state index in [1.54, 1.807) is 0 Å². The van der Waals surface area contributed by atoms with Crippen molar-refractivity contribution in [2.75, 3.05) is 0 Å². The molecule has 4 N–H and O–H groups in total. The summed E-state index contributed by atoms with van der Waals surface area (Å²) in [4.78, 5) is 19.6. The largest absolute Gasteiger partial charge is 0.446 e. The number of hydrogen-bond acceptors (Lipinski definition) is 4. The Kier molecular flexibility index (Phi) is 5.51. The fourth-order valence-electron chi connectivity index (χ4n) is 3.32. The number of aromatic amines is 1. The van der Waals surface area contributed by atoms with E-state index < -0.39 is 23.7 Å². The molecule has 160 valence electrons. The molecule has 0 radical (unpaired) electrons. The van der Waals surface area contributed by atoms with Crippen molar-refractivity contribution in [1.29, 1.82) is 0 Å². The Morgan fingerprint density at radius 2 is 2.00 bits per heavy atom. The highest BCUT2D eigenvalue weighted by molar-refractivity contribution is 5.91. The van der Waals surface area contributed by atoms with Gasteiger partial charge in [-0.15, -0.1) is 0 Å². The molecule has 2 aromatic carbocycles. The van der Waals surface area contributed by atoms with Crippen LogP contribution >= 0.6 is 0 Å². The number of amides is 1. The summed E-state index contributed by atoms with van der Waals surface area (Å²) in [5.41, 5.74) is 7.75. The molecule has 0 saturated carbocycles. The number of aromatic nitrogens is 2. The van der Waals surface area contributed by atoms with Crippen LogP contribution in [-0.4, -0.2) is 15.9 Å². The number of nitrogens with two attached hydrogens (primary N) is 1. The molecular weight excluding hydrogens is 409 g/mol. The number of carbonyl (C=O) groups excluding carboxylic acids is 1. The first kappa shape index (κ1) is 20.7. The lowest BCUT2D eigenvalue weighted by Crippen LogP contribution is -2.23. The molecule has 0 aliphatic rings. The summed E-state index contributed by atoms with van der Waals surface area (Å²) in [7, 11) is 0. The normalized spacial score (nSPS) is 12.8. The second-order valence-electron chi connectivity index (χ2n) is 7.12. The first-order chi connectivity index (χ1) is 14.8. The fourth-order valence-corrected chi connectivity index (χ4v) is 3.32. The second-order valence-corrected chi connectivity index (χ2v) is 7.12. The second kappa shape index (κ2) is 8.27. The highest BCUT2D eigenvalue weighted by atomic mass is 19.4. The van der Waals surface area contributed by atoms with Gasteiger partial charge in [-0.3, -0.25) is 4.79 Å².